The van der Waals surface area contributed by atoms with E-state index in [-0.39, 0.29) is 30.9 Å². The van der Waals surface area contributed by atoms with Crippen molar-refractivity contribution in [3.8, 4) is 0 Å². The average molecular weight is 547 g/mol. The van der Waals surface area contributed by atoms with Crippen molar-refractivity contribution in [2.24, 2.45) is 5.73 Å². The minimum Gasteiger partial charge on any atom is -0.370 e. The molecule has 3 aromatic rings. The van der Waals surface area contributed by atoms with E-state index in [0.717, 1.165) is 21.9 Å². The number of carbonyl (C=O) groups excluding carboxylic acids is 3. The lowest BCUT2D eigenvalue weighted by Gasteiger charge is -2.34. The van der Waals surface area contributed by atoms with Gasteiger partial charge in [-0.05, 0) is 35.7 Å². The molecule has 0 aliphatic carbocycles. The zero-order valence-electron chi connectivity index (χ0n) is 24.4. The van der Waals surface area contributed by atoms with Gasteiger partial charge in [-0.2, -0.15) is 0 Å². The molecule has 0 bridgehead atoms. The van der Waals surface area contributed by atoms with Gasteiger partial charge >= 0.3 is 0 Å². The second-order valence-electron chi connectivity index (χ2n) is 11.3. The summed E-state index contributed by atoms with van der Waals surface area (Å²) < 4.78 is 5.58. The van der Waals surface area contributed by atoms with Crippen LogP contribution in [0.2, 0.25) is 0 Å². The molecule has 0 aromatic heterocycles. The molecule has 0 aliphatic rings. The number of likely N-dealkylation sites (N-methyl/N-ethyl adjacent to an activating group) is 2. The highest BCUT2D eigenvalue weighted by Crippen LogP contribution is 2.27. The molecule has 8 nitrogen and oxygen atoms in total. The molecule has 3 N–H and O–H groups in total. The number of rotatable bonds is 12. The van der Waals surface area contributed by atoms with Crippen LogP contribution in [0.4, 0.5) is 0 Å². The van der Waals surface area contributed by atoms with Crippen LogP contribution in [0.25, 0.3) is 10.8 Å². The van der Waals surface area contributed by atoms with Gasteiger partial charge in [-0.25, -0.2) is 0 Å². The number of fused-ring (bicyclic) bond motifs is 1. The normalized spacial score (nSPS) is 13.8. The highest BCUT2D eigenvalue weighted by molar-refractivity contribution is 5.93. The van der Waals surface area contributed by atoms with Crippen LogP contribution in [-0.2, 0) is 25.5 Å². The molecule has 40 heavy (non-hydrogen) atoms. The Bertz CT molecular complexity index is 1300. The number of benzene rings is 3. The second-order valence-corrected chi connectivity index (χ2v) is 11.3. The number of amides is 3. The van der Waals surface area contributed by atoms with Crippen LogP contribution in [0.5, 0.6) is 0 Å². The van der Waals surface area contributed by atoms with Gasteiger partial charge in [0.2, 0.25) is 17.7 Å². The molecule has 0 saturated carbocycles. The summed E-state index contributed by atoms with van der Waals surface area (Å²) in [4.78, 5) is 43.2. The molecule has 214 valence electrons. The van der Waals surface area contributed by atoms with E-state index < -0.39 is 23.5 Å². The van der Waals surface area contributed by atoms with Crippen molar-refractivity contribution in [1.29, 1.82) is 0 Å². The molecule has 3 amide bonds. The Hall–Kier alpha value is -3.75. The highest BCUT2D eigenvalue weighted by Gasteiger charge is 2.35. The molecule has 3 rings (SSSR count). The van der Waals surface area contributed by atoms with Gasteiger partial charge in [-0.3, -0.25) is 14.4 Å². The molecule has 0 spiro atoms. The fraction of sp³-hybridized carbons (Fsp3) is 0.406. The Morgan fingerprint density at radius 1 is 0.925 bits per heavy atom. The van der Waals surface area contributed by atoms with Gasteiger partial charge in [0.1, 0.15) is 18.7 Å². The molecular formula is C32H42N4O4. The first-order valence-electron chi connectivity index (χ1n) is 13.5. The van der Waals surface area contributed by atoms with Crippen LogP contribution in [0.1, 0.15) is 37.8 Å². The smallest absolute Gasteiger partial charge is 0.249 e. The van der Waals surface area contributed by atoms with Crippen LogP contribution >= 0.6 is 0 Å². The molecule has 3 aromatic carbocycles. The molecule has 0 heterocycles. The first kappa shape index (κ1) is 30.8. The van der Waals surface area contributed by atoms with Gasteiger partial charge in [0.15, 0.2) is 0 Å². The van der Waals surface area contributed by atoms with Crippen molar-refractivity contribution in [1.82, 2.24) is 15.1 Å². The number of carbonyl (C=O) groups is 3. The molecule has 0 saturated heterocycles. The molecule has 8 heteroatoms. The maximum atomic E-state index is 14.0. The number of nitrogens with two attached hydrogens (primary N) is 1. The molecule has 3 unspecified atom stereocenters. The first-order chi connectivity index (χ1) is 18.9. The largest absolute Gasteiger partial charge is 0.370 e. The van der Waals surface area contributed by atoms with Crippen molar-refractivity contribution in [2.75, 3.05) is 34.4 Å². The van der Waals surface area contributed by atoms with Gasteiger partial charge in [0.25, 0.3) is 0 Å². The fourth-order valence-corrected chi connectivity index (χ4v) is 4.69. The fourth-order valence-electron chi connectivity index (χ4n) is 4.69. The zero-order valence-corrected chi connectivity index (χ0v) is 24.4. The third kappa shape index (κ3) is 8.37. The van der Waals surface area contributed by atoms with Gasteiger partial charge in [0, 0.05) is 39.0 Å². The summed E-state index contributed by atoms with van der Waals surface area (Å²) >= 11 is 0. The van der Waals surface area contributed by atoms with E-state index in [1.54, 1.807) is 21.1 Å². The summed E-state index contributed by atoms with van der Waals surface area (Å²) in [5.74, 6) is -1.37. The number of ether oxygens (including phenoxy) is 1. The van der Waals surface area contributed by atoms with Crippen molar-refractivity contribution >= 4 is 28.5 Å². The summed E-state index contributed by atoms with van der Waals surface area (Å²) in [6.07, 6.45) is 0.326. The van der Waals surface area contributed by atoms with E-state index in [1.165, 1.54) is 9.80 Å². The summed E-state index contributed by atoms with van der Waals surface area (Å²) in [7, 11) is 4.92. The van der Waals surface area contributed by atoms with E-state index in [9.17, 15) is 14.4 Å². The van der Waals surface area contributed by atoms with E-state index in [0.29, 0.717) is 6.42 Å². The van der Waals surface area contributed by atoms with E-state index in [1.807, 2.05) is 93.6 Å². The minimum absolute atomic E-state index is 0.195. The SMILES string of the molecule is CC(c1ccc2ccccc2c1)C(C(=O)NC(Cc1ccccc1)C(=O)N(C)C)N(C)C(=O)COCC(C)(C)N. The maximum Gasteiger partial charge on any atom is 0.249 e. The third-order valence-electron chi connectivity index (χ3n) is 6.89. The molecule has 0 radical (unpaired) electrons. The molecule has 0 aliphatic heterocycles. The van der Waals surface area contributed by atoms with E-state index >= 15 is 0 Å². The highest BCUT2D eigenvalue weighted by atomic mass is 16.5. The van der Waals surface area contributed by atoms with Crippen LogP contribution in [0.3, 0.4) is 0 Å². The lowest BCUT2D eigenvalue weighted by atomic mass is 9.89. The third-order valence-corrected chi connectivity index (χ3v) is 6.89. The summed E-state index contributed by atoms with van der Waals surface area (Å²) in [6.45, 7) is 5.53. The van der Waals surface area contributed by atoms with Crippen molar-refractivity contribution in [3.05, 3.63) is 83.9 Å². The topological polar surface area (TPSA) is 105 Å². The Kier molecular flexibility index (Phi) is 10.4. The van der Waals surface area contributed by atoms with Gasteiger partial charge in [0.05, 0.1) is 6.61 Å². The lowest BCUT2D eigenvalue weighted by molar-refractivity contribution is -0.144. The van der Waals surface area contributed by atoms with Crippen LogP contribution in [-0.4, -0.2) is 79.5 Å². The van der Waals surface area contributed by atoms with Crippen molar-refractivity contribution in [2.45, 2.75) is 50.7 Å². The monoisotopic (exact) mass is 546 g/mol. The Morgan fingerprint density at radius 2 is 1.55 bits per heavy atom. The Labute approximate surface area is 237 Å². The Balaban J connectivity index is 1.92. The van der Waals surface area contributed by atoms with Crippen molar-refractivity contribution < 1.29 is 19.1 Å². The number of nitrogens with one attached hydrogen (secondary N) is 1. The number of hydrogen-bond acceptors (Lipinski definition) is 5. The molecule has 0 fully saturated rings. The average Bonchev–Trinajstić information content (AvgIpc) is 2.91. The first-order valence-corrected chi connectivity index (χ1v) is 13.5. The van der Waals surface area contributed by atoms with Gasteiger partial charge in [-0.15, -0.1) is 0 Å². The van der Waals surface area contributed by atoms with E-state index in [4.69, 9.17) is 10.5 Å². The van der Waals surface area contributed by atoms with Crippen molar-refractivity contribution in [3.63, 3.8) is 0 Å². The standard InChI is InChI=1S/C32H42N4O4/c1-22(25-17-16-24-14-10-11-15-26(24)19-25)29(36(6)28(37)20-40-21-32(2,3)33)30(38)34-27(31(39)35(4)5)18-23-12-8-7-9-13-23/h7-17,19,22,27,29H,18,20-21,33H2,1-6H3,(H,34,38). The number of hydrogen-bond donors (Lipinski definition) is 2. The van der Waals surface area contributed by atoms with Gasteiger partial charge < -0.3 is 25.6 Å². The molecular weight excluding hydrogens is 504 g/mol. The lowest BCUT2D eigenvalue weighted by Crippen LogP contribution is -2.56. The maximum absolute atomic E-state index is 14.0. The van der Waals surface area contributed by atoms with Gasteiger partial charge in [-0.1, -0.05) is 79.7 Å². The predicted molar refractivity (Wildman–Crippen MR) is 159 cm³/mol. The van der Waals surface area contributed by atoms with Crippen LogP contribution < -0.4 is 11.1 Å². The Morgan fingerprint density at radius 3 is 2.17 bits per heavy atom. The minimum atomic E-state index is -0.892. The van der Waals surface area contributed by atoms with Crippen LogP contribution in [0.15, 0.2) is 72.8 Å². The second kappa shape index (κ2) is 13.5. The summed E-state index contributed by atoms with van der Waals surface area (Å²) in [5, 5.41) is 5.09. The molecule has 3 atom stereocenters. The summed E-state index contributed by atoms with van der Waals surface area (Å²) in [6, 6.07) is 21.9. The predicted octanol–water partition coefficient (Wildman–Crippen LogP) is 3.34. The van der Waals surface area contributed by atoms with E-state index in [2.05, 4.69) is 5.32 Å². The zero-order chi connectivity index (χ0) is 29.4. The quantitative estimate of drug-likeness (QED) is 0.363. The van der Waals surface area contributed by atoms with Crippen LogP contribution in [0, 0.1) is 0 Å². The number of nitrogens with zero attached hydrogens (tertiary/aromatic N) is 2. The summed E-state index contributed by atoms with van der Waals surface area (Å²) in [5.41, 5.74) is 7.23.